The summed E-state index contributed by atoms with van der Waals surface area (Å²) in [6.07, 6.45) is 7.39. The smallest absolute Gasteiger partial charge is 0.253 e. The average Bonchev–Trinajstić information content (AvgIpc) is 2.68. The fourth-order valence-corrected chi connectivity index (χ4v) is 4.57. The van der Waals surface area contributed by atoms with E-state index in [2.05, 4.69) is 10.2 Å². The molecule has 2 aliphatic carbocycles. The quantitative estimate of drug-likeness (QED) is 0.626. The molecule has 0 aromatic heterocycles. The summed E-state index contributed by atoms with van der Waals surface area (Å²) in [6, 6.07) is 4.01. The highest BCUT2D eigenvalue weighted by Crippen LogP contribution is 2.32. The number of rotatable bonds is 9. The maximum absolute atomic E-state index is 14.7. The van der Waals surface area contributed by atoms with Crippen molar-refractivity contribution in [3.8, 4) is 0 Å². The van der Waals surface area contributed by atoms with Crippen molar-refractivity contribution in [3.63, 3.8) is 0 Å². The largest absolute Gasteiger partial charge is 0.370 e. The van der Waals surface area contributed by atoms with Crippen LogP contribution in [-0.2, 0) is 14.3 Å². The van der Waals surface area contributed by atoms with Crippen molar-refractivity contribution < 1.29 is 18.7 Å². The third kappa shape index (κ3) is 5.25. The molecule has 4 rings (SSSR count). The van der Waals surface area contributed by atoms with Crippen molar-refractivity contribution in [2.24, 2.45) is 17.6 Å². The van der Waals surface area contributed by atoms with Crippen LogP contribution in [0.3, 0.4) is 0 Å². The maximum Gasteiger partial charge on any atom is 0.253 e. The topological polar surface area (TPSA) is 87.9 Å². The number of hydrogen-bond donors (Lipinski definition) is 2. The molecule has 0 unspecified atom stereocenters. The number of benzene rings is 1. The van der Waals surface area contributed by atoms with Gasteiger partial charge >= 0.3 is 0 Å². The molecule has 2 saturated carbocycles. The molecule has 31 heavy (non-hydrogen) atoms. The van der Waals surface area contributed by atoms with E-state index in [0.717, 1.165) is 13.1 Å². The fraction of sp³-hybridized carbons (Fsp3) is 0.652. The summed E-state index contributed by atoms with van der Waals surface area (Å²) in [5, 5.41) is 2.85. The van der Waals surface area contributed by atoms with Gasteiger partial charge in [-0.25, -0.2) is 4.39 Å². The van der Waals surface area contributed by atoms with Gasteiger partial charge in [0.2, 0.25) is 5.91 Å². The van der Waals surface area contributed by atoms with Gasteiger partial charge in [0, 0.05) is 31.9 Å². The van der Waals surface area contributed by atoms with Crippen molar-refractivity contribution in [1.29, 1.82) is 0 Å². The van der Waals surface area contributed by atoms with Crippen LogP contribution in [0.15, 0.2) is 18.2 Å². The summed E-state index contributed by atoms with van der Waals surface area (Å²) in [4.78, 5) is 28.7. The first-order valence-electron chi connectivity index (χ1n) is 11.5. The van der Waals surface area contributed by atoms with Crippen LogP contribution in [0, 0.1) is 17.7 Å². The summed E-state index contributed by atoms with van der Waals surface area (Å²) >= 11 is 0. The number of halogens is 1. The third-order valence-electron chi connectivity index (χ3n) is 6.89. The molecular weight excluding hydrogens is 399 g/mol. The van der Waals surface area contributed by atoms with E-state index in [1.54, 1.807) is 6.07 Å². The van der Waals surface area contributed by atoms with Crippen molar-refractivity contribution >= 4 is 23.2 Å². The lowest BCUT2D eigenvalue weighted by molar-refractivity contribution is -0.125. The average molecular weight is 433 g/mol. The SMILES string of the molecule is NC[C@H](C(=O)Nc1ccc(N2CCOCC2=O)c(F)c1)N(CC1CCC1)CC1CCC1. The molecule has 1 atom stereocenters. The Morgan fingerprint density at radius 2 is 1.90 bits per heavy atom. The minimum atomic E-state index is -0.543. The zero-order chi connectivity index (χ0) is 21.8. The fourth-order valence-electron chi connectivity index (χ4n) is 4.57. The van der Waals surface area contributed by atoms with E-state index in [0.29, 0.717) is 30.7 Å². The van der Waals surface area contributed by atoms with E-state index in [1.807, 2.05) is 0 Å². The molecule has 0 spiro atoms. The van der Waals surface area contributed by atoms with Gasteiger partial charge in [-0.3, -0.25) is 14.5 Å². The molecule has 3 N–H and O–H groups in total. The van der Waals surface area contributed by atoms with Crippen molar-refractivity contribution in [3.05, 3.63) is 24.0 Å². The minimum Gasteiger partial charge on any atom is -0.370 e. The van der Waals surface area contributed by atoms with E-state index in [1.165, 1.54) is 55.6 Å². The van der Waals surface area contributed by atoms with Crippen LogP contribution in [0.25, 0.3) is 0 Å². The van der Waals surface area contributed by atoms with Crippen LogP contribution in [0.1, 0.15) is 38.5 Å². The first-order chi connectivity index (χ1) is 15.0. The van der Waals surface area contributed by atoms with Gasteiger partial charge in [-0.15, -0.1) is 0 Å². The lowest BCUT2D eigenvalue weighted by atomic mass is 9.82. The van der Waals surface area contributed by atoms with Crippen LogP contribution in [-0.4, -0.2) is 62.1 Å². The molecular formula is C23H33FN4O3. The van der Waals surface area contributed by atoms with Crippen molar-refractivity contribution in [1.82, 2.24) is 4.90 Å². The maximum atomic E-state index is 14.7. The van der Waals surface area contributed by atoms with E-state index in [-0.39, 0.29) is 30.7 Å². The third-order valence-corrected chi connectivity index (χ3v) is 6.89. The minimum absolute atomic E-state index is 0.0477. The first-order valence-corrected chi connectivity index (χ1v) is 11.5. The zero-order valence-electron chi connectivity index (χ0n) is 18.0. The van der Waals surface area contributed by atoms with Gasteiger partial charge in [-0.05, 0) is 55.7 Å². The highest BCUT2D eigenvalue weighted by atomic mass is 19.1. The molecule has 8 heteroatoms. The van der Waals surface area contributed by atoms with Crippen LogP contribution in [0.4, 0.5) is 15.8 Å². The molecule has 3 fully saturated rings. The van der Waals surface area contributed by atoms with Crippen LogP contribution in [0.5, 0.6) is 0 Å². The normalized spacial score (nSPS) is 21.0. The molecule has 1 aromatic rings. The van der Waals surface area contributed by atoms with E-state index >= 15 is 0 Å². The Balaban J connectivity index is 1.43. The van der Waals surface area contributed by atoms with Gasteiger partial charge in [-0.1, -0.05) is 12.8 Å². The number of carbonyl (C=O) groups excluding carboxylic acids is 2. The lowest BCUT2D eigenvalue weighted by Crippen LogP contribution is -2.52. The first kappa shape index (κ1) is 22.2. The summed E-state index contributed by atoms with van der Waals surface area (Å²) in [5.41, 5.74) is 6.61. The molecule has 1 aromatic carbocycles. The predicted octanol–water partition coefficient (Wildman–Crippen LogP) is 2.36. The van der Waals surface area contributed by atoms with Gasteiger partial charge in [-0.2, -0.15) is 0 Å². The van der Waals surface area contributed by atoms with Gasteiger partial charge in [0.1, 0.15) is 18.5 Å². The lowest BCUT2D eigenvalue weighted by Gasteiger charge is -2.40. The predicted molar refractivity (Wildman–Crippen MR) is 117 cm³/mol. The second kappa shape index (κ2) is 10.1. The molecule has 1 aliphatic heterocycles. The number of nitrogens with one attached hydrogen (secondary N) is 1. The molecule has 0 radical (unpaired) electrons. The van der Waals surface area contributed by atoms with Crippen molar-refractivity contribution in [2.75, 3.05) is 49.6 Å². The highest BCUT2D eigenvalue weighted by Gasteiger charge is 2.32. The Morgan fingerprint density at radius 1 is 1.23 bits per heavy atom. The summed E-state index contributed by atoms with van der Waals surface area (Å²) in [6.45, 7) is 2.67. The molecule has 170 valence electrons. The number of anilines is 2. The Hall–Kier alpha value is -2.03. The van der Waals surface area contributed by atoms with Crippen LogP contribution < -0.4 is 16.0 Å². The summed E-state index contributed by atoms with van der Waals surface area (Å²) < 4.78 is 19.8. The Kier molecular flexibility index (Phi) is 7.20. The number of amides is 2. The number of carbonyl (C=O) groups is 2. The van der Waals surface area contributed by atoms with E-state index < -0.39 is 11.9 Å². The summed E-state index contributed by atoms with van der Waals surface area (Å²) in [7, 11) is 0. The number of nitrogens with zero attached hydrogens (tertiary/aromatic N) is 2. The Morgan fingerprint density at radius 3 is 2.42 bits per heavy atom. The zero-order valence-corrected chi connectivity index (χ0v) is 18.0. The van der Waals surface area contributed by atoms with Gasteiger partial charge < -0.3 is 20.7 Å². The van der Waals surface area contributed by atoms with Gasteiger partial charge in [0.25, 0.3) is 5.91 Å². The molecule has 1 saturated heterocycles. The molecule has 7 nitrogen and oxygen atoms in total. The Bertz CT molecular complexity index is 781. The Labute approximate surface area is 183 Å². The standard InChI is InChI=1S/C23H33FN4O3/c24-19-11-18(7-8-20(19)28-9-10-31-15-22(28)29)26-23(30)21(12-25)27(13-16-3-1-4-16)14-17-5-2-6-17/h7-8,11,16-17,21H,1-6,9-10,12-15,25H2,(H,26,30)/t21-/m1/s1. The van der Waals surface area contributed by atoms with Gasteiger partial charge in [0.05, 0.1) is 12.3 Å². The van der Waals surface area contributed by atoms with Crippen molar-refractivity contribution in [2.45, 2.75) is 44.6 Å². The van der Waals surface area contributed by atoms with E-state index in [9.17, 15) is 14.0 Å². The summed E-state index contributed by atoms with van der Waals surface area (Å²) in [5.74, 6) is 0.274. The molecule has 1 heterocycles. The molecule has 0 bridgehead atoms. The van der Waals surface area contributed by atoms with E-state index in [4.69, 9.17) is 10.5 Å². The monoisotopic (exact) mass is 432 g/mol. The number of nitrogens with two attached hydrogens (primary N) is 1. The second-order valence-corrected chi connectivity index (χ2v) is 9.05. The second-order valence-electron chi connectivity index (χ2n) is 9.05. The highest BCUT2D eigenvalue weighted by molar-refractivity contribution is 5.97. The number of hydrogen-bond acceptors (Lipinski definition) is 5. The number of morpholine rings is 1. The molecule has 2 amide bonds. The van der Waals surface area contributed by atoms with Crippen LogP contribution in [0.2, 0.25) is 0 Å². The van der Waals surface area contributed by atoms with Gasteiger partial charge in [0.15, 0.2) is 0 Å². The number of ether oxygens (including phenoxy) is 1. The van der Waals surface area contributed by atoms with Crippen LogP contribution >= 0.6 is 0 Å². The molecule has 3 aliphatic rings.